The topological polar surface area (TPSA) is 60.9 Å². The molecule has 1 aliphatic heterocycles. The highest BCUT2D eigenvalue weighted by Gasteiger charge is 2.26. The molecule has 2 aromatic rings. The van der Waals surface area contributed by atoms with Gasteiger partial charge >= 0.3 is 0 Å². The van der Waals surface area contributed by atoms with E-state index >= 15 is 0 Å². The van der Waals surface area contributed by atoms with Crippen LogP contribution in [0, 0.1) is 12.7 Å². The van der Waals surface area contributed by atoms with Crippen molar-refractivity contribution in [1.82, 2.24) is 9.80 Å². The number of phenols is 1. The summed E-state index contributed by atoms with van der Waals surface area (Å²) in [7, 11) is 0. The minimum atomic E-state index is -0.450. The predicted molar refractivity (Wildman–Crippen MR) is 91.1 cm³/mol. The van der Waals surface area contributed by atoms with Gasteiger partial charge in [0.2, 0.25) is 0 Å². The van der Waals surface area contributed by atoms with Crippen LogP contribution < -0.4 is 0 Å². The van der Waals surface area contributed by atoms with Gasteiger partial charge in [0, 0.05) is 31.7 Å². The van der Waals surface area contributed by atoms with E-state index in [0.717, 1.165) is 5.56 Å². The van der Waals surface area contributed by atoms with Gasteiger partial charge in [0.05, 0.1) is 5.56 Å². The molecule has 3 rings (SSSR count). The second-order valence-corrected chi connectivity index (χ2v) is 6.12. The largest absolute Gasteiger partial charge is 0.507 e. The van der Waals surface area contributed by atoms with Crippen LogP contribution in [0.2, 0.25) is 0 Å². The summed E-state index contributed by atoms with van der Waals surface area (Å²) in [6.45, 7) is 3.31. The summed E-state index contributed by atoms with van der Waals surface area (Å²) in [5.74, 6) is -0.988. The molecule has 0 atom stereocenters. The molecular weight excluding hydrogens is 323 g/mol. The SMILES string of the molecule is Cc1ccc(C(=O)N2CCN(C(=O)c3cccc(F)c3)CC2)c(O)c1. The van der Waals surface area contributed by atoms with Gasteiger partial charge in [-0.25, -0.2) is 4.39 Å². The van der Waals surface area contributed by atoms with Gasteiger partial charge in [-0.1, -0.05) is 12.1 Å². The standard InChI is InChI=1S/C19H19FN2O3/c1-13-5-6-16(17(23)11-13)19(25)22-9-7-21(8-10-22)18(24)14-3-2-4-15(20)12-14/h2-6,11-12,23H,7-10H2,1H3. The fraction of sp³-hybridized carbons (Fsp3) is 0.263. The number of benzene rings is 2. The zero-order valence-electron chi connectivity index (χ0n) is 13.9. The van der Waals surface area contributed by atoms with Crippen molar-refractivity contribution in [3.8, 4) is 5.75 Å². The maximum Gasteiger partial charge on any atom is 0.257 e. The molecule has 0 spiro atoms. The summed E-state index contributed by atoms with van der Waals surface area (Å²) in [5.41, 5.74) is 1.44. The Morgan fingerprint density at radius 3 is 2.20 bits per heavy atom. The van der Waals surface area contributed by atoms with Crippen molar-refractivity contribution in [2.75, 3.05) is 26.2 Å². The molecule has 1 saturated heterocycles. The molecule has 0 unspecified atom stereocenters. The van der Waals surface area contributed by atoms with Crippen LogP contribution in [0.15, 0.2) is 42.5 Å². The van der Waals surface area contributed by atoms with Crippen molar-refractivity contribution >= 4 is 11.8 Å². The van der Waals surface area contributed by atoms with E-state index in [1.807, 2.05) is 6.92 Å². The third-order valence-electron chi connectivity index (χ3n) is 4.31. The number of nitrogens with zero attached hydrogens (tertiary/aromatic N) is 2. The minimum absolute atomic E-state index is 0.0386. The van der Waals surface area contributed by atoms with Crippen molar-refractivity contribution in [2.45, 2.75) is 6.92 Å². The first-order valence-electron chi connectivity index (χ1n) is 8.09. The molecule has 0 radical (unpaired) electrons. The summed E-state index contributed by atoms with van der Waals surface area (Å²) in [6.07, 6.45) is 0. The lowest BCUT2D eigenvalue weighted by Gasteiger charge is -2.35. The van der Waals surface area contributed by atoms with E-state index in [2.05, 4.69) is 0 Å². The molecule has 5 nitrogen and oxygen atoms in total. The van der Waals surface area contributed by atoms with Gasteiger partial charge in [-0.2, -0.15) is 0 Å². The lowest BCUT2D eigenvalue weighted by atomic mass is 10.1. The molecule has 0 bridgehead atoms. The number of halogens is 1. The maximum atomic E-state index is 13.3. The molecule has 1 N–H and O–H groups in total. The van der Waals surface area contributed by atoms with E-state index < -0.39 is 5.82 Å². The number of piperazine rings is 1. The van der Waals surface area contributed by atoms with E-state index in [0.29, 0.717) is 31.7 Å². The van der Waals surface area contributed by atoms with Crippen molar-refractivity contribution in [3.63, 3.8) is 0 Å². The average Bonchev–Trinajstić information content (AvgIpc) is 2.61. The molecule has 1 fully saturated rings. The van der Waals surface area contributed by atoms with Crippen LogP contribution in [0.25, 0.3) is 0 Å². The Kier molecular flexibility index (Phi) is 4.70. The Morgan fingerprint density at radius 1 is 0.960 bits per heavy atom. The molecule has 25 heavy (non-hydrogen) atoms. The Morgan fingerprint density at radius 2 is 1.60 bits per heavy atom. The number of phenolic OH excluding ortho intramolecular Hbond substituents is 1. The molecule has 130 valence electrons. The Hall–Kier alpha value is -2.89. The van der Waals surface area contributed by atoms with Crippen LogP contribution >= 0.6 is 0 Å². The van der Waals surface area contributed by atoms with Crippen LogP contribution in [0.3, 0.4) is 0 Å². The number of carbonyl (C=O) groups is 2. The third kappa shape index (κ3) is 3.63. The Labute approximate surface area is 145 Å². The van der Waals surface area contributed by atoms with Gasteiger partial charge in [0.25, 0.3) is 11.8 Å². The molecule has 0 aromatic heterocycles. The van der Waals surface area contributed by atoms with Crippen LogP contribution in [-0.4, -0.2) is 52.9 Å². The summed E-state index contributed by atoms with van der Waals surface area (Å²) in [4.78, 5) is 28.2. The first-order valence-corrected chi connectivity index (χ1v) is 8.09. The van der Waals surface area contributed by atoms with Crippen molar-refractivity contribution in [1.29, 1.82) is 0 Å². The number of hydrogen-bond donors (Lipinski definition) is 1. The van der Waals surface area contributed by atoms with Crippen LogP contribution in [0.1, 0.15) is 26.3 Å². The number of aromatic hydroxyl groups is 1. The molecule has 1 heterocycles. The maximum absolute atomic E-state index is 13.3. The van der Waals surface area contributed by atoms with Crippen molar-refractivity contribution < 1.29 is 19.1 Å². The summed E-state index contributed by atoms with van der Waals surface area (Å²) < 4.78 is 13.3. The van der Waals surface area contributed by atoms with E-state index in [9.17, 15) is 19.1 Å². The zero-order valence-corrected chi connectivity index (χ0v) is 13.9. The normalized spacial score (nSPS) is 14.5. The van der Waals surface area contributed by atoms with Crippen LogP contribution in [-0.2, 0) is 0 Å². The molecule has 2 amide bonds. The fourth-order valence-electron chi connectivity index (χ4n) is 2.91. The Balaban J connectivity index is 1.65. The van der Waals surface area contributed by atoms with E-state index in [-0.39, 0.29) is 23.1 Å². The van der Waals surface area contributed by atoms with Gasteiger partial charge in [-0.3, -0.25) is 9.59 Å². The van der Waals surface area contributed by atoms with Gasteiger partial charge < -0.3 is 14.9 Å². The average molecular weight is 342 g/mol. The minimum Gasteiger partial charge on any atom is -0.507 e. The number of hydrogen-bond acceptors (Lipinski definition) is 3. The molecule has 0 aliphatic carbocycles. The second-order valence-electron chi connectivity index (χ2n) is 6.12. The highest BCUT2D eigenvalue weighted by molar-refractivity contribution is 5.97. The van der Waals surface area contributed by atoms with E-state index in [1.165, 1.54) is 18.2 Å². The third-order valence-corrected chi connectivity index (χ3v) is 4.31. The molecule has 6 heteroatoms. The molecule has 0 saturated carbocycles. The van der Waals surface area contributed by atoms with Crippen molar-refractivity contribution in [2.24, 2.45) is 0 Å². The zero-order chi connectivity index (χ0) is 18.0. The predicted octanol–water partition coefficient (Wildman–Crippen LogP) is 2.44. The van der Waals surface area contributed by atoms with Gasteiger partial charge in [-0.05, 0) is 42.8 Å². The smallest absolute Gasteiger partial charge is 0.257 e. The summed E-state index contributed by atoms with van der Waals surface area (Å²) in [5, 5.41) is 9.96. The molecule has 2 aromatic carbocycles. The van der Waals surface area contributed by atoms with E-state index in [4.69, 9.17) is 0 Å². The van der Waals surface area contributed by atoms with Gasteiger partial charge in [0.15, 0.2) is 0 Å². The van der Waals surface area contributed by atoms with Gasteiger partial charge in [-0.15, -0.1) is 0 Å². The van der Waals surface area contributed by atoms with Crippen LogP contribution in [0.4, 0.5) is 4.39 Å². The quantitative estimate of drug-likeness (QED) is 0.912. The molecule has 1 aliphatic rings. The lowest BCUT2D eigenvalue weighted by Crippen LogP contribution is -2.50. The lowest BCUT2D eigenvalue weighted by molar-refractivity contribution is 0.0533. The van der Waals surface area contributed by atoms with Crippen LogP contribution in [0.5, 0.6) is 5.75 Å². The fourth-order valence-corrected chi connectivity index (χ4v) is 2.91. The highest BCUT2D eigenvalue weighted by atomic mass is 19.1. The van der Waals surface area contributed by atoms with Crippen molar-refractivity contribution in [3.05, 3.63) is 65.0 Å². The number of carbonyl (C=O) groups excluding carboxylic acids is 2. The first kappa shape index (κ1) is 17.0. The van der Waals surface area contributed by atoms with Gasteiger partial charge in [0.1, 0.15) is 11.6 Å². The highest BCUT2D eigenvalue weighted by Crippen LogP contribution is 2.21. The number of aryl methyl sites for hydroxylation is 1. The Bertz CT molecular complexity index is 814. The summed E-state index contributed by atoms with van der Waals surface area (Å²) >= 11 is 0. The monoisotopic (exact) mass is 342 g/mol. The number of rotatable bonds is 2. The summed E-state index contributed by atoms with van der Waals surface area (Å²) in [6, 6.07) is 10.5. The van der Waals surface area contributed by atoms with E-state index in [1.54, 1.807) is 34.1 Å². The molecular formula is C19H19FN2O3. The number of amides is 2. The first-order chi connectivity index (χ1) is 12.0. The second kappa shape index (κ2) is 6.93.